The fourth-order valence-corrected chi connectivity index (χ4v) is 2.01. The van der Waals surface area contributed by atoms with Crippen molar-refractivity contribution in [3.05, 3.63) is 59.5 Å². The molecule has 3 nitrogen and oxygen atoms in total. The molecule has 1 aromatic carbocycles. The lowest BCUT2D eigenvalue weighted by Crippen LogP contribution is -2.08. The fourth-order valence-electron chi connectivity index (χ4n) is 2.01. The summed E-state index contributed by atoms with van der Waals surface area (Å²) in [6, 6.07) is 13.8. The van der Waals surface area contributed by atoms with E-state index in [1.54, 1.807) is 0 Å². The van der Waals surface area contributed by atoms with Gasteiger partial charge in [0.2, 0.25) is 0 Å². The quantitative estimate of drug-likeness (QED) is 0.732. The number of hydrogen-bond donors (Lipinski definition) is 0. The molecular formula is C17H22O3. The summed E-state index contributed by atoms with van der Waals surface area (Å²) in [7, 11) is 0. The van der Waals surface area contributed by atoms with Gasteiger partial charge in [0, 0.05) is 14.3 Å². The molecule has 0 aliphatic rings. The van der Waals surface area contributed by atoms with Gasteiger partial charge in [0.1, 0.15) is 18.1 Å². The Balaban J connectivity index is 0.00000220. The van der Waals surface area contributed by atoms with Crippen molar-refractivity contribution in [2.24, 2.45) is 0 Å². The molecule has 0 atom stereocenters. The number of Topliss-reactive ketones (excluding diaryl/α,β-unsaturated/α-hetero) is 1. The van der Waals surface area contributed by atoms with E-state index in [0.717, 1.165) is 29.9 Å². The van der Waals surface area contributed by atoms with E-state index in [9.17, 15) is 4.79 Å². The molecule has 1 heterocycles. The zero-order valence-corrected chi connectivity index (χ0v) is 11.8. The molecule has 0 radical (unpaired) electrons. The van der Waals surface area contributed by atoms with E-state index in [2.05, 4.69) is 0 Å². The van der Waals surface area contributed by atoms with Gasteiger partial charge in [-0.1, -0.05) is 30.3 Å². The maximum Gasteiger partial charge on any atom is 0.158 e. The second kappa shape index (κ2) is 7.65. The number of ketones is 1. The monoisotopic (exact) mass is 274 g/mol. The molecule has 20 heavy (non-hydrogen) atoms. The number of benzene rings is 1. The highest BCUT2D eigenvalue weighted by Crippen LogP contribution is 2.10. The summed E-state index contributed by atoms with van der Waals surface area (Å²) in [4.78, 5) is 11.7. The molecule has 108 valence electrons. The SMILES string of the molecule is Cc1ccc(CCCC(=O)COCc2ccccc2)o1.[HH]. The zero-order valence-electron chi connectivity index (χ0n) is 11.8. The van der Waals surface area contributed by atoms with Gasteiger partial charge in [0.15, 0.2) is 5.78 Å². The first-order valence-corrected chi connectivity index (χ1v) is 6.93. The maximum absolute atomic E-state index is 11.7. The molecule has 2 rings (SSSR count). The number of hydrogen-bond acceptors (Lipinski definition) is 3. The van der Waals surface area contributed by atoms with Crippen LogP contribution in [-0.4, -0.2) is 12.4 Å². The average Bonchev–Trinajstić information content (AvgIpc) is 2.86. The van der Waals surface area contributed by atoms with Crippen LogP contribution in [0.2, 0.25) is 0 Å². The van der Waals surface area contributed by atoms with E-state index >= 15 is 0 Å². The van der Waals surface area contributed by atoms with Crippen LogP contribution in [-0.2, 0) is 22.6 Å². The Labute approximate surface area is 121 Å². The lowest BCUT2D eigenvalue weighted by Gasteiger charge is -2.03. The number of ether oxygens (including phenoxy) is 1. The third-order valence-electron chi connectivity index (χ3n) is 3.05. The van der Waals surface area contributed by atoms with Crippen molar-refractivity contribution in [2.75, 3.05) is 6.61 Å². The summed E-state index contributed by atoms with van der Waals surface area (Å²) in [5.41, 5.74) is 1.09. The Morgan fingerprint density at radius 2 is 2.00 bits per heavy atom. The highest BCUT2D eigenvalue weighted by Gasteiger charge is 2.04. The number of carbonyl (C=O) groups excluding carboxylic acids is 1. The van der Waals surface area contributed by atoms with Gasteiger partial charge in [0.05, 0.1) is 6.61 Å². The standard InChI is InChI=1S/C17H20O3.H2/c1-14-10-11-17(20-14)9-5-8-16(18)13-19-12-15-6-3-2-4-7-15;/h2-4,6-7,10-11H,5,8-9,12-13H2,1H3;1H. The van der Waals surface area contributed by atoms with E-state index in [1.165, 1.54) is 0 Å². The van der Waals surface area contributed by atoms with E-state index in [1.807, 2.05) is 49.4 Å². The van der Waals surface area contributed by atoms with E-state index < -0.39 is 0 Å². The lowest BCUT2D eigenvalue weighted by molar-refractivity contribution is -0.124. The fraction of sp³-hybridized carbons (Fsp3) is 0.353. The second-order valence-electron chi connectivity index (χ2n) is 4.88. The van der Waals surface area contributed by atoms with E-state index in [4.69, 9.17) is 9.15 Å². The molecule has 0 saturated carbocycles. The molecule has 0 amide bonds. The molecule has 0 fully saturated rings. The number of aryl methyl sites for hydroxylation is 2. The first-order chi connectivity index (χ1) is 9.74. The molecule has 0 unspecified atom stereocenters. The van der Waals surface area contributed by atoms with Crippen LogP contribution < -0.4 is 0 Å². The predicted octanol–water partition coefficient (Wildman–Crippen LogP) is 3.94. The van der Waals surface area contributed by atoms with Crippen molar-refractivity contribution in [2.45, 2.75) is 32.8 Å². The first kappa shape index (κ1) is 14.5. The second-order valence-corrected chi connectivity index (χ2v) is 4.88. The largest absolute Gasteiger partial charge is 0.466 e. The van der Waals surface area contributed by atoms with Crippen LogP contribution in [0.25, 0.3) is 0 Å². The normalized spacial score (nSPS) is 10.7. The van der Waals surface area contributed by atoms with Gasteiger partial charge >= 0.3 is 0 Å². The summed E-state index contributed by atoms with van der Waals surface area (Å²) in [5, 5.41) is 0. The Hall–Kier alpha value is -1.87. The Kier molecular flexibility index (Phi) is 5.56. The van der Waals surface area contributed by atoms with E-state index in [-0.39, 0.29) is 13.8 Å². The van der Waals surface area contributed by atoms with Gasteiger partial charge in [-0.25, -0.2) is 0 Å². The third kappa shape index (κ3) is 5.02. The smallest absolute Gasteiger partial charge is 0.158 e. The molecule has 0 spiro atoms. The van der Waals surface area contributed by atoms with Crippen LogP contribution in [0, 0.1) is 6.92 Å². The molecule has 3 heteroatoms. The summed E-state index contributed by atoms with van der Waals surface area (Å²) in [6.45, 7) is 2.60. The molecule has 0 bridgehead atoms. The summed E-state index contributed by atoms with van der Waals surface area (Å²) in [6.07, 6.45) is 2.15. The Morgan fingerprint density at radius 1 is 1.20 bits per heavy atom. The molecule has 0 saturated heterocycles. The highest BCUT2D eigenvalue weighted by molar-refractivity contribution is 5.79. The van der Waals surface area contributed by atoms with Gasteiger partial charge in [-0.05, 0) is 31.0 Å². The van der Waals surface area contributed by atoms with E-state index in [0.29, 0.717) is 13.0 Å². The van der Waals surface area contributed by atoms with Crippen LogP contribution in [0.4, 0.5) is 0 Å². The van der Waals surface area contributed by atoms with Crippen molar-refractivity contribution in [1.82, 2.24) is 0 Å². The van der Waals surface area contributed by atoms with Gasteiger partial charge < -0.3 is 9.15 Å². The minimum atomic E-state index is 0. The van der Waals surface area contributed by atoms with Crippen LogP contribution >= 0.6 is 0 Å². The number of rotatable bonds is 8. The topological polar surface area (TPSA) is 39.4 Å². The van der Waals surface area contributed by atoms with Crippen molar-refractivity contribution >= 4 is 5.78 Å². The maximum atomic E-state index is 11.7. The molecular weight excluding hydrogens is 252 g/mol. The molecule has 0 N–H and O–H groups in total. The number of carbonyl (C=O) groups is 1. The first-order valence-electron chi connectivity index (χ1n) is 6.93. The van der Waals surface area contributed by atoms with Gasteiger partial charge in [-0.2, -0.15) is 0 Å². The highest BCUT2D eigenvalue weighted by atomic mass is 16.5. The molecule has 1 aromatic heterocycles. The summed E-state index contributed by atoms with van der Waals surface area (Å²) in [5.74, 6) is 2.00. The number of furan rings is 1. The molecule has 0 aliphatic carbocycles. The van der Waals surface area contributed by atoms with Gasteiger partial charge in [-0.15, -0.1) is 0 Å². The van der Waals surface area contributed by atoms with Gasteiger partial charge in [-0.3, -0.25) is 4.79 Å². The van der Waals surface area contributed by atoms with Crippen LogP contribution in [0.3, 0.4) is 0 Å². The summed E-state index contributed by atoms with van der Waals surface area (Å²) < 4.78 is 10.9. The zero-order chi connectivity index (χ0) is 14.2. The van der Waals surface area contributed by atoms with Crippen LogP contribution in [0.1, 0.15) is 31.4 Å². The molecule has 2 aromatic rings. The van der Waals surface area contributed by atoms with Gasteiger partial charge in [0.25, 0.3) is 0 Å². The average molecular weight is 274 g/mol. The van der Waals surface area contributed by atoms with Crippen molar-refractivity contribution < 1.29 is 15.4 Å². The Bertz CT molecular complexity index is 534. The third-order valence-corrected chi connectivity index (χ3v) is 3.05. The van der Waals surface area contributed by atoms with Crippen molar-refractivity contribution in [3.63, 3.8) is 0 Å². The molecule has 0 aliphatic heterocycles. The van der Waals surface area contributed by atoms with Crippen LogP contribution in [0.5, 0.6) is 0 Å². The van der Waals surface area contributed by atoms with Crippen molar-refractivity contribution in [3.8, 4) is 0 Å². The predicted molar refractivity (Wildman–Crippen MR) is 79.6 cm³/mol. The summed E-state index contributed by atoms with van der Waals surface area (Å²) >= 11 is 0. The minimum Gasteiger partial charge on any atom is -0.466 e. The Morgan fingerprint density at radius 3 is 2.70 bits per heavy atom. The minimum absolute atomic E-state index is 0. The van der Waals surface area contributed by atoms with Crippen LogP contribution in [0.15, 0.2) is 46.9 Å². The lowest BCUT2D eigenvalue weighted by atomic mass is 10.1. The van der Waals surface area contributed by atoms with Crippen molar-refractivity contribution in [1.29, 1.82) is 0 Å².